The molecule has 0 spiro atoms. The van der Waals surface area contributed by atoms with E-state index in [-0.39, 0.29) is 0 Å². The van der Waals surface area contributed by atoms with E-state index >= 15 is 0 Å². The van der Waals surface area contributed by atoms with Gasteiger partial charge in [0, 0.05) is 0 Å². The van der Waals surface area contributed by atoms with Crippen LogP contribution in [0.1, 0.15) is 51.2 Å². The summed E-state index contributed by atoms with van der Waals surface area (Å²) in [6.45, 7) is 9.93. The summed E-state index contributed by atoms with van der Waals surface area (Å²) in [7, 11) is 0. The molecule has 0 aliphatic rings. The fraction of sp³-hybridized carbons (Fsp3) is 0.647. The van der Waals surface area contributed by atoms with Gasteiger partial charge in [-0.3, -0.25) is 0 Å². The molecule has 2 N–H and O–H groups in total. The summed E-state index contributed by atoms with van der Waals surface area (Å²) >= 11 is 0. The maximum Gasteiger partial charge on any atom is -0.00457 e. The molecule has 1 aromatic rings. The van der Waals surface area contributed by atoms with E-state index in [0.717, 1.165) is 13.0 Å². The van der Waals surface area contributed by atoms with Crippen LogP contribution in [0.15, 0.2) is 24.3 Å². The molecule has 0 amide bonds. The molecule has 0 saturated carbocycles. The van der Waals surface area contributed by atoms with Crippen LogP contribution in [0.2, 0.25) is 0 Å². The quantitative estimate of drug-likeness (QED) is 0.795. The largest absolute Gasteiger partial charge is 0.330 e. The van der Waals surface area contributed by atoms with E-state index in [0.29, 0.717) is 11.3 Å². The van der Waals surface area contributed by atoms with Crippen molar-refractivity contribution in [1.82, 2.24) is 0 Å². The third-order valence-electron chi connectivity index (χ3n) is 3.64. The lowest BCUT2D eigenvalue weighted by Crippen LogP contribution is -2.18. The highest BCUT2D eigenvalue weighted by Gasteiger charge is 2.13. The molecule has 1 heteroatoms. The van der Waals surface area contributed by atoms with Crippen molar-refractivity contribution in [3.63, 3.8) is 0 Å². The lowest BCUT2D eigenvalue weighted by molar-refractivity contribution is 0.338. The second-order valence-electron chi connectivity index (χ2n) is 6.69. The van der Waals surface area contributed by atoms with Gasteiger partial charge in [-0.1, -0.05) is 51.5 Å². The minimum atomic E-state index is 0.446. The monoisotopic (exact) mass is 247 g/mol. The zero-order valence-corrected chi connectivity index (χ0v) is 12.5. The van der Waals surface area contributed by atoms with Gasteiger partial charge in [-0.05, 0) is 55.2 Å². The summed E-state index contributed by atoms with van der Waals surface area (Å²) in [5.41, 5.74) is 9.22. The van der Waals surface area contributed by atoms with E-state index < -0.39 is 0 Å². The predicted molar refractivity (Wildman–Crippen MR) is 80.7 cm³/mol. The molecule has 0 fully saturated rings. The highest BCUT2D eigenvalue weighted by Crippen LogP contribution is 2.24. The number of nitrogens with two attached hydrogens (primary N) is 1. The molecule has 18 heavy (non-hydrogen) atoms. The molecule has 0 aliphatic carbocycles. The number of aryl methyl sites for hydroxylation is 1. The van der Waals surface area contributed by atoms with Crippen molar-refractivity contribution < 1.29 is 0 Å². The molecule has 0 bridgehead atoms. The van der Waals surface area contributed by atoms with Crippen LogP contribution in [0.3, 0.4) is 0 Å². The van der Waals surface area contributed by atoms with Gasteiger partial charge in [0.05, 0.1) is 0 Å². The first-order valence-electron chi connectivity index (χ1n) is 7.17. The molecule has 1 atom stereocenters. The van der Waals surface area contributed by atoms with Crippen LogP contribution in [0.25, 0.3) is 0 Å². The van der Waals surface area contributed by atoms with Crippen molar-refractivity contribution in [3.8, 4) is 0 Å². The Morgan fingerprint density at radius 2 is 1.83 bits per heavy atom. The third-order valence-corrected chi connectivity index (χ3v) is 3.64. The third kappa shape index (κ3) is 5.68. The van der Waals surface area contributed by atoms with Gasteiger partial charge in [0.15, 0.2) is 0 Å². The van der Waals surface area contributed by atoms with E-state index in [2.05, 4.69) is 52.0 Å². The van der Waals surface area contributed by atoms with E-state index in [4.69, 9.17) is 5.73 Å². The van der Waals surface area contributed by atoms with Crippen LogP contribution in [-0.2, 0) is 6.42 Å². The van der Waals surface area contributed by atoms with E-state index in [9.17, 15) is 0 Å². The lowest BCUT2D eigenvalue weighted by Gasteiger charge is -2.21. The maximum absolute atomic E-state index is 5.92. The average Bonchev–Trinajstić information content (AvgIpc) is 2.29. The molecule has 0 radical (unpaired) electrons. The molecule has 1 unspecified atom stereocenters. The minimum Gasteiger partial charge on any atom is -0.330 e. The number of rotatable bonds is 6. The van der Waals surface area contributed by atoms with Crippen molar-refractivity contribution in [2.45, 2.75) is 53.4 Å². The first kappa shape index (κ1) is 15.2. The van der Waals surface area contributed by atoms with E-state index in [1.807, 2.05) is 0 Å². The minimum absolute atomic E-state index is 0.446. The topological polar surface area (TPSA) is 26.0 Å². The van der Waals surface area contributed by atoms with Gasteiger partial charge in [-0.2, -0.15) is 0 Å². The molecule has 0 heterocycles. The van der Waals surface area contributed by atoms with Crippen LogP contribution < -0.4 is 5.73 Å². The van der Waals surface area contributed by atoms with E-state index in [1.54, 1.807) is 0 Å². The Kier molecular flexibility index (Phi) is 5.87. The predicted octanol–water partition coefficient (Wildman–Crippen LogP) is 4.33. The Balaban J connectivity index is 2.45. The summed E-state index contributed by atoms with van der Waals surface area (Å²) in [6, 6.07) is 8.67. The Bertz CT molecular complexity index is 349. The van der Waals surface area contributed by atoms with Gasteiger partial charge in [0.25, 0.3) is 0 Å². The first-order valence-corrected chi connectivity index (χ1v) is 7.17. The van der Waals surface area contributed by atoms with Gasteiger partial charge in [-0.25, -0.2) is 0 Å². The van der Waals surface area contributed by atoms with Crippen LogP contribution >= 0.6 is 0 Å². The van der Waals surface area contributed by atoms with Crippen molar-refractivity contribution in [2.75, 3.05) is 6.54 Å². The fourth-order valence-electron chi connectivity index (χ4n) is 2.37. The van der Waals surface area contributed by atoms with Gasteiger partial charge < -0.3 is 5.73 Å². The van der Waals surface area contributed by atoms with Crippen molar-refractivity contribution in [1.29, 1.82) is 0 Å². The van der Waals surface area contributed by atoms with E-state index in [1.165, 1.54) is 30.4 Å². The molecule has 0 saturated heterocycles. The van der Waals surface area contributed by atoms with Crippen LogP contribution in [0, 0.1) is 18.3 Å². The molecular weight excluding hydrogens is 218 g/mol. The normalized spacial score (nSPS) is 13.6. The Labute approximate surface area is 113 Å². The summed E-state index contributed by atoms with van der Waals surface area (Å²) in [6.07, 6.45) is 4.96. The van der Waals surface area contributed by atoms with Crippen LogP contribution in [0.4, 0.5) is 0 Å². The van der Waals surface area contributed by atoms with Gasteiger partial charge in [0.1, 0.15) is 0 Å². The van der Waals surface area contributed by atoms with Gasteiger partial charge in [-0.15, -0.1) is 0 Å². The second-order valence-corrected chi connectivity index (χ2v) is 6.69. The lowest BCUT2D eigenvalue weighted by atomic mass is 9.86. The number of hydrogen-bond acceptors (Lipinski definition) is 1. The molecule has 0 aliphatic heterocycles. The molecular formula is C17H29N. The SMILES string of the molecule is Cc1ccccc1CC(CN)CCCC(C)(C)C. The molecule has 102 valence electrons. The van der Waals surface area contributed by atoms with Gasteiger partial charge >= 0.3 is 0 Å². The van der Waals surface area contributed by atoms with Crippen LogP contribution in [0.5, 0.6) is 0 Å². The smallest absolute Gasteiger partial charge is 0.00457 e. The zero-order valence-electron chi connectivity index (χ0n) is 12.5. The second kappa shape index (κ2) is 6.94. The summed E-state index contributed by atoms with van der Waals surface area (Å²) in [4.78, 5) is 0. The van der Waals surface area contributed by atoms with Crippen molar-refractivity contribution >= 4 is 0 Å². The standard InChI is InChI=1S/C17H29N/c1-14-8-5-6-10-16(14)12-15(13-18)9-7-11-17(2,3)4/h5-6,8,10,15H,7,9,11-13,18H2,1-4H3. The summed E-state index contributed by atoms with van der Waals surface area (Å²) < 4.78 is 0. The number of hydrogen-bond donors (Lipinski definition) is 1. The highest BCUT2D eigenvalue weighted by atomic mass is 14.5. The highest BCUT2D eigenvalue weighted by molar-refractivity contribution is 5.25. The first-order chi connectivity index (χ1) is 8.42. The van der Waals surface area contributed by atoms with Gasteiger partial charge in [0.2, 0.25) is 0 Å². The molecule has 1 nitrogen and oxygen atoms in total. The zero-order chi connectivity index (χ0) is 13.6. The van der Waals surface area contributed by atoms with Crippen LogP contribution in [-0.4, -0.2) is 6.54 Å². The molecule has 1 rings (SSSR count). The molecule has 1 aromatic carbocycles. The summed E-state index contributed by atoms with van der Waals surface area (Å²) in [5, 5.41) is 0. The Morgan fingerprint density at radius 3 is 2.39 bits per heavy atom. The fourth-order valence-corrected chi connectivity index (χ4v) is 2.37. The maximum atomic E-state index is 5.92. The molecule has 0 aromatic heterocycles. The van der Waals surface area contributed by atoms with Crippen molar-refractivity contribution in [2.24, 2.45) is 17.1 Å². The number of benzene rings is 1. The summed E-state index contributed by atoms with van der Waals surface area (Å²) in [5.74, 6) is 0.633. The average molecular weight is 247 g/mol. The Hall–Kier alpha value is -0.820. The van der Waals surface area contributed by atoms with Crippen molar-refractivity contribution in [3.05, 3.63) is 35.4 Å². The Morgan fingerprint density at radius 1 is 1.17 bits per heavy atom.